The molecule has 2 N–H and O–H groups in total. The van der Waals surface area contributed by atoms with Gasteiger partial charge in [-0.1, -0.05) is 0 Å². The molecule has 0 aliphatic carbocycles. The summed E-state index contributed by atoms with van der Waals surface area (Å²) in [5, 5.41) is 6.32. The Morgan fingerprint density at radius 1 is 1.30 bits per heavy atom. The van der Waals surface area contributed by atoms with Gasteiger partial charge in [0.05, 0.1) is 0 Å². The minimum atomic E-state index is -0.256. The molecular weight excluding hydrogens is 340 g/mol. The Hall–Kier alpha value is -2.54. The second-order valence-corrected chi connectivity index (χ2v) is 7.21. The first-order valence-corrected chi connectivity index (χ1v) is 9.39. The van der Waals surface area contributed by atoms with Gasteiger partial charge in [-0.2, -0.15) is 0 Å². The van der Waals surface area contributed by atoms with Gasteiger partial charge in [-0.25, -0.2) is 9.97 Å². The minimum Gasteiger partial charge on any atom is -0.355 e. The summed E-state index contributed by atoms with van der Waals surface area (Å²) >= 11 is 0. The fraction of sp³-hybridized carbons (Fsp3) is 0.500. The van der Waals surface area contributed by atoms with Gasteiger partial charge in [-0.3, -0.25) is 9.78 Å². The Morgan fingerprint density at radius 3 is 2.78 bits per heavy atom. The van der Waals surface area contributed by atoms with E-state index in [0.717, 1.165) is 36.6 Å². The van der Waals surface area contributed by atoms with Crippen LogP contribution < -0.4 is 15.5 Å². The van der Waals surface area contributed by atoms with Gasteiger partial charge in [-0.15, -0.1) is 0 Å². The fourth-order valence-electron chi connectivity index (χ4n) is 3.60. The van der Waals surface area contributed by atoms with Crippen molar-refractivity contribution in [2.45, 2.75) is 46.2 Å². The van der Waals surface area contributed by atoms with Gasteiger partial charge >= 0.3 is 0 Å². The number of amides is 1. The molecule has 2 aromatic heterocycles. The summed E-state index contributed by atoms with van der Waals surface area (Å²) in [5.74, 6) is 0.830. The second kappa shape index (κ2) is 8.00. The van der Waals surface area contributed by atoms with Crippen LogP contribution in [-0.4, -0.2) is 47.0 Å². The van der Waals surface area contributed by atoms with Gasteiger partial charge in [0.15, 0.2) is 0 Å². The summed E-state index contributed by atoms with van der Waals surface area (Å²) in [6.07, 6.45) is 4.79. The van der Waals surface area contributed by atoms with Crippen molar-refractivity contribution >= 4 is 11.7 Å². The first-order valence-electron chi connectivity index (χ1n) is 9.39. The standard InChI is InChI=1S/C20H28N6O/c1-12-6-8-22-10-17(12)15(4)23-16-7-9-26(11-16)19-13(2)14(3)24-18(25-19)20(27)21-5/h6,8,10,15-16,23H,7,9,11H2,1-5H3,(H,21,27)/t15?,16-/m1/s1. The van der Waals surface area contributed by atoms with Crippen molar-refractivity contribution in [1.29, 1.82) is 0 Å². The van der Waals surface area contributed by atoms with Gasteiger partial charge < -0.3 is 15.5 Å². The molecule has 1 aliphatic rings. The molecule has 144 valence electrons. The SMILES string of the molecule is CNC(=O)c1nc(C)c(C)c(N2CC[C@@H](NC(C)c3cnccc3C)C2)n1. The molecule has 1 amide bonds. The Bertz CT molecular complexity index is 837. The summed E-state index contributed by atoms with van der Waals surface area (Å²) in [6.45, 7) is 9.99. The molecule has 0 bridgehead atoms. The zero-order chi connectivity index (χ0) is 19.6. The number of nitrogens with zero attached hydrogens (tertiary/aromatic N) is 4. The van der Waals surface area contributed by atoms with E-state index in [1.165, 1.54) is 11.1 Å². The Labute approximate surface area is 160 Å². The number of carbonyl (C=O) groups excluding carboxylic acids is 1. The first-order chi connectivity index (χ1) is 12.9. The number of anilines is 1. The molecule has 0 aromatic carbocycles. The normalized spacial score (nSPS) is 17.8. The molecule has 7 heteroatoms. The number of aromatic nitrogens is 3. The van der Waals surface area contributed by atoms with E-state index in [2.05, 4.69) is 44.3 Å². The third kappa shape index (κ3) is 4.08. The molecule has 1 fully saturated rings. The smallest absolute Gasteiger partial charge is 0.288 e. The van der Waals surface area contributed by atoms with E-state index in [0.29, 0.717) is 6.04 Å². The molecular formula is C20H28N6O. The molecule has 1 saturated heterocycles. The fourth-order valence-corrected chi connectivity index (χ4v) is 3.60. The lowest BCUT2D eigenvalue weighted by Gasteiger charge is -2.23. The summed E-state index contributed by atoms with van der Waals surface area (Å²) in [4.78, 5) is 27.3. The highest BCUT2D eigenvalue weighted by Crippen LogP contribution is 2.25. The number of carbonyl (C=O) groups is 1. The predicted molar refractivity (Wildman–Crippen MR) is 106 cm³/mol. The number of pyridine rings is 1. The molecule has 27 heavy (non-hydrogen) atoms. The lowest BCUT2D eigenvalue weighted by Crippen LogP contribution is -2.35. The maximum atomic E-state index is 12.0. The van der Waals surface area contributed by atoms with Crippen molar-refractivity contribution in [2.24, 2.45) is 0 Å². The van der Waals surface area contributed by atoms with Crippen LogP contribution in [0.25, 0.3) is 0 Å². The third-order valence-corrected chi connectivity index (χ3v) is 5.31. The lowest BCUT2D eigenvalue weighted by molar-refractivity contribution is 0.0952. The maximum absolute atomic E-state index is 12.0. The van der Waals surface area contributed by atoms with Crippen molar-refractivity contribution in [3.8, 4) is 0 Å². The molecule has 7 nitrogen and oxygen atoms in total. The van der Waals surface area contributed by atoms with Gasteiger partial charge in [-0.05, 0) is 51.3 Å². The molecule has 0 radical (unpaired) electrons. The number of nitrogens with one attached hydrogen (secondary N) is 2. The Balaban J connectivity index is 1.73. The molecule has 1 unspecified atom stereocenters. The number of rotatable bonds is 5. The number of hydrogen-bond donors (Lipinski definition) is 2. The van der Waals surface area contributed by atoms with Gasteiger partial charge in [0.2, 0.25) is 5.82 Å². The monoisotopic (exact) mass is 368 g/mol. The minimum absolute atomic E-state index is 0.228. The van der Waals surface area contributed by atoms with Crippen LogP contribution in [0.5, 0.6) is 0 Å². The molecule has 3 heterocycles. The van der Waals surface area contributed by atoms with Crippen LogP contribution in [0.4, 0.5) is 5.82 Å². The summed E-state index contributed by atoms with van der Waals surface area (Å²) in [7, 11) is 1.60. The van der Waals surface area contributed by atoms with Gasteiger partial charge in [0, 0.05) is 55.9 Å². The highest BCUT2D eigenvalue weighted by atomic mass is 16.2. The van der Waals surface area contributed by atoms with E-state index in [1.54, 1.807) is 7.05 Å². The van der Waals surface area contributed by atoms with E-state index >= 15 is 0 Å². The van der Waals surface area contributed by atoms with Crippen molar-refractivity contribution in [3.63, 3.8) is 0 Å². The van der Waals surface area contributed by atoms with Crippen LogP contribution in [0.1, 0.15) is 52.4 Å². The lowest BCUT2D eigenvalue weighted by atomic mass is 10.0. The maximum Gasteiger partial charge on any atom is 0.288 e. The highest BCUT2D eigenvalue weighted by molar-refractivity contribution is 5.90. The van der Waals surface area contributed by atoms with E-state index in [-0.39, 0.29) is 17.8 Å². The van der Waals surface area contributed by atoms with Crippen molar-refractivity contribution in [3.05, 3.63) is 46.7 Å². The van der Waals surface area contributed by atoms with Crippen LogP contribution in [0.2, 0.25) is 0 Å². The van der Waals surface area contributed by atoms with Gasteiger partial charge in [0.1, 0.15) is 5.82 Å². The molecule has 2 aromatic rings. The first kappa shape index (κ1) is 19.2. The average Bonchev–Trinajstić information content (AvgIpc) is 3.11. The van der Waals surface area contributed by atoms with E-state index in [4.69, 9.17) is 0 Å². The average molecular weight is 368 g/mol. The summed E-state index contributed by atoms with van der Waals surface area (Å²) in [6, 6.07) is 2.64. The van der Waals surface area contributed by atoms with Crippen LogP contribution >= 0.6 is 0 Å². The van der Waals surface area contributed by atoms with Crippen LogP contribution in [0.3, 0.4) is 0 Å². The summed E-state index contributed by atoms with van der Waals surface area (Å²) in [5.41, 5.74) is 4.35. The van der Waals surface area contributed by atoms with E-state index in [9.17, 15) is 4.79 Å². The van der Waals surface area contributed by atoms with Gasteiger partial charge in [0.25, 0.3) is 5.91 Å². The van der Waals surface area contributed by atoms with E-state index < -0.39 is 0 Å². The number of aryl methyl sites for hydroxylation is 2. The Kier molecular flexibility index (Phi) is 5.70. The molecule has 2 atom stereocenters. The van der Waals surface area contributed by atoms with Crippen molar-refractivity contribution in [1.82, 2.24) is 25.6 Å². The molecule has 1 aliphatic heterocycles. The topological polar surface area (TPSA) is 83.0 Å². The predicted octanol–water partition coefficient (Wildman–Crippen LogP) is 2.09. The van der Waals surface area contributed by atoms with Crippen molar-refractivity contribution < 1.29 is 4.79 Å². The summed E-state index contributed by atoms with van der Waals surface area (Å²) < 4.78 is 0. The van der Waals surface area contributed by atoms with E-state index in [1.807, 2.05) is 32.3 Å². The third-order valence-electron chi connectivity index (χ3n) is 5.31. The van der Waals surface area contributed by atoms with Crippen LogP contribution in [0, 0.1) is 20.8 Å². The van der Waals surface area contributed by atoms with Crippen molar-refractivity contribution in [2.75, 3.05) is 25.0 Å². The largest absolute Gasteiger partial charge is 0.355 e. The molecule has 0 spiro atoms. The zero-order valence-electron chi connectivity index (χ0n) is 16.7. The van der Waals surface area contributed by atoms with Crippen LogP contribution in [-0.2, 0) is 0 Å². The Morgan fingerprint density at radius 2 is 2.07 bits per heavy atom. The van der Waals surface area contributed by atoms with Crippen LogP contribution in [0.15, 0.2) is 18.5 Å². The highest BCUT2D eigenvalue weighted by Gasteiger charge is 2.27. The number of hydrogen-bond acceptors (Lipinski definition) is 6. The molecule has 3 rings (SSSR count). The zero-order valence-corrected chi connectivity index (χ0v) is 16.7. The quantitative estimate of drug-likeness (QED) is 0.841. The molecule has 0 saturated carbocycles. The second-order valence-electron chi connectivity index (χ2n) is 7.21.